The van der Waals surface area contributed by atoms with Crippen molar-refractivity contribution in [1.29, 1.82) is 0 Å². The van der Waals surface area contributed by atoms with Crippen molar-refractivity contribution in [3.05, 3.63) is 0 Å². The van der Waals surface area contributed by atoms with Crippen molar-refractivity contribution in [3.8, 4) is 0 Å². The fraction of sp³-hybridized carbons (Fsp3) is 1.00. The van der Waals surface area contributed by atoms with Gasteiger partial charge >= 0.3 is 0 Å². The van der Waals surface area contributed by atoms with Crippen LogP contribution in [-0.2, 0) is 14.9 Å². The summed E-state index contributed by atoms with van der Waals surface area (Å²) in [5, 5.41) is 0. The lowest BCUT2D eigenvalue weighted by molar-refractivity contribution is 0.0287. The molecule has 7 heteroatoms. The Bertz CT molecular complexity index is 338. The Morgan fingerprint density at radius 2 is 1.84 bits per heavy atom. The van der Waals surface area contributed by atoms with Crippen LogP contribution >= 0.6 is 0 Å². The van der Waals surface area contributed by atoms with E-state index in [0.717, 1.165) is 25.7 Å². The molecule has 1 saturated carbocycles. The SMILES string of the molecule is CC(C)CNS(=O)(=O)NCCOC1CCC(N)CC1. The van der Waals surface area contributed by atoms with Crippen molar-refractivity contribution >= 4 is 10.2 Å². The van der Waals surface area contributed by atoms with E-state index in [2.05, 4.69) is 9.44 Å². The van der Waals surface area contributed by atoms with Crippen molar-refractivity contribution in [2.45, 2.75) is 51.7 Å². The predicted molar refractivity (Wildman–Crippen MR) is 75.9 cm³/mol. The molecule has 1 fully saturated rings. The zero-order chi connectivity index (χ0) is 14.3. The van der Waals surface area contributed by atoms with E-state index in [1.165, 1.54) is 0 Å². The molecule has 0 atom stereocenters. The predicted octanol–water partition coefficient (Wildman–Crippen LogP) is 0.353. The summed E-state index contributed by atoms with van der Waals surface area (Å²) in [6.45, 7) is 5.06. The molecule has 6 nitrogen and oxygen atoms in total. The van der Waals surface area contributed by atoms with E-state index in [-0.39, 0.29) is 6.10 Å². The normalized spacial score (nSPS) is 24.8. The summed E-state index contributed by atoms with van der Waals surface area (Å²) >= 11 is 0. The molecule has 0 saturated heterocycles. The molecule has 0 heterocycles. The van der Waals surface area contributed by atoms with Crippen LogP contribution in [0.25, 0.3) is 0 Å². The molecule has 19 heavy (non-hydrogen) atoms. The maximum Gasteiger partial charge on any atom is 0.276 e. The molecule has 0 unspecified atom stereocenters. The Hall–Kier alpha value is -0.210. The van der Waals surface area contributed by atoms with Gasteiger partial charge < -0.3 is 10.5 Å². The number of hydrogen-bond acceptors (Lipinski definition) is 4. The summed E-state index contributed by atoms with van der Waals surface area (Å²) in [5.74, 6) is 0.291. The van der Waals surface area contributed by atoms with Gasteiger partial charge in [-0.3, -0.25) is 0 Å². The van der Waals surface area contributed by atoms with Gasteiger partial charge in [-0.15, -0.1) is 0 Å². The standard InChI is InChI=1S/C12H27N3O3S/c1-10(2)9-15-19(16,17)14-7-8-18-12-5-3-11(13)4-6-12/h10-12,14-15H,3-9,13H2,1-2H3. The van der Waals surface area contributed by atoms with Gasteiger partial charge in [0.05, 0.1) is 12.7 Å². The second-order valence-electron chi connectivity index (χ2n) is 5.55. The highest BCUT2D eigenvalue weighted by Crippen LogP contribution is 2.19. The first-order valence-corrected chi connectivity index (χ1v) is 8.49. The highest BCUT2D eigenvalue weighted by molar-refractivity contribution is 7.87. The topological polar surface area (TPSA) is 93.5 Å². The van der Waals surface area contributed by atoms with Crippen molar-refractivity contribution < 1.29 is 13.2 Å². The van der Waals surface area contributed by atoms with Crippen LogP contribution in [0.1, 0.15) is 39.5 Å². The average molecular weight is 293 g/mol. The maximum atomic E-state index is 11.5. The first-order valence-electron chi connectivity index (χ1n) is 7.00. The van der Waals surface area contributed by atoms with E-state index in [0.29, 0.717) is 31.7 Å². The van der Waals surface area contributed by atoms with E-state index in [4.69, 9.17) is 10.5 Å². The third-order valence-corrected chi connectivity index (χ3v) is 4.28. The molecule has 0 radical (unpaired) electrons. The Labute approximate surface area is 116 Å². The molecule has 0 bridgehead atoms. The summed E-state index contributed by atoms with van der Waals surface area (Å²) in [4.78, 5) is 0. The second-order valence-corrected chi connectivity index (χ2v) is 7.13. The molecule has 0 spiro atoms. The van der Waals surface area contributed by atoms with E-state index >= 15 is 0 Å². The van der Waals surface area contributed by atoms with Crippen molar-refractivity contribution in [3.63, 3.8) is 0 Å². The van der Waals surface area contributed by atoms with Gasteiger partial charge in [-0.1, -0.05) is 13.8 Å². The van der Waals surface area contributed by atoms with Gasteiger partial charge in [0.25, 0.3) is 10.2 Å². The molecule has 4 N–H and O–H groups in total. The Morgan fingerprint density at radius 1 is 1.21 bits per heavy atom. The number of ether oxygens (including phenoxy) is 1. The van der Waals surface area contributed by atoms with Crippen LogP contribution in [0.4, 0.5) is 0 Å². The molecular formula is C12H27N3O3S. The zero-order valence-electron chi connectivity index (χ0n) is 11.9. The molecule has 0 aromatic rings. The van der Waals surface area contributed by atoms with Gasteiger partial charge in [-0.2, -0.15) is 13.1 Å². The van der Waals surface area contributed by atoms with Crippen LogP contribution in [0.2, 0.25) is 0 Å². The molecule has 114 valence electrons. The third kappa shape index (κ3) is 7.84. The van der Waals surface area contributed by atoms with E-state index in [9.17, 15) is 8.42 Å². The lowest BCUT2D eigenvalue weighted by Crippen LogP contribution is -2.40. The van der Waals surface area contributed by atoms with Crippen LogP contribution < -0.4 is 15.2 Å². The lowest BCUT2D eigenvalue weighted by Gasteiger charge is -2.26. The van der Waals surface area contributed by atoms with Crippen LogP contribution in [0, 0.1) is 5.92 Å². The van der Waals surface area contributed by atoms with Crippen LogP contribution in [0.15, 0.2) is 0 Å². The first-order chi connectivity index (χ1) is 8.89. The Balaban J connectivity index is 2.09. The van der Waals surface area contributed by atoms with Crippen LogP contribution in [0.3, 0.4) is 0 Å². The van der Waals surface area contributed by atoms with Gasteiger partial charge in [0.15, 0.2) is 0 Å². The fourth-order valence-corrected chi connectivity index (χ4v) is 2.99. The molecule has 0 aromatic heterocycles. The van der Waals surface area contributed by atoms with Crippen molar-refractivity contribution in [1.82, 2.24) is 9.44 Å². The third-order valence-electron chi connectivity index (χ3n) is 3.15. The molecule has 0 amide bonds. The molecular weight excluding hydrogens is 266 g/mol. The Morgan fingerprint density at radius 3 is 2.42 bits per heavy atom. The van der Waals surface area contributed by atoms with Gasteiger partial charge in [0.1, 0.15) is 0 Å². The minimum absolute atomic E-state index is 0.230. The zero-order valence-corrected chi connectivity index (χ0v) is 12.7. The number of rotatable bonds is 8. The van der Waals surface area contributed by atoms with Crippen molar-refractivity contribution in [2.75, 3.05) is 19.7 Å². The minimum Gasteiger partial charge on any atom is -0.377 e. The largest absolute Gasteiger partial charge is 0.377 e. The first kappa shape index (κ1) is 16.8. The van der Waals surface area contributed by atoms with E-state index in [1.54, 1.807) is 0 Å². The Kier molecular flexibility index (Phi) is 7.23. The lowest BCUT2D eigenvalue weighted by atomic mass is 9.94. The van der Waals surface area contributed by atoms with Gasteiger partial charge in [0, 0.05) is 19.1 Å². The average Bonchev–Trinajstić information content (AvgIpc) is 2.35. The summed E-state index contributed by atoms with van der Waals surface area (Å²) in [6.07, 6.45) is 4.16. The second kappa shape index (κ2) is 8.16. The van der Waals surface area contributed by atoms with Gasteiger partial charge in [-0.05, 0) is 31.6 Å². The quantitative estimate of drug-likeness (QED) is 0.563. The summed E-state index contributed by atoms with van der Waals surface area (Å²) in [5.41, 5.74) is 5.81. The molecule has 1 aliphatic carbocycles. The van der Waals surface area contributed by atoms with Crippen LogP contribution in [-0.4, -0.2) is 40.3 Å². The summed E-state index contributed by atoms with van der Waals surface area (Å²) < 4.78 is 33.7. The molecule has 1 aliphatic rings. The maximum absolute atomic E-state index is 11.5. The van der Waals surface area contributed by atoms with E-state index in [1.807, 2.05) is 13.8 Å². The molecule has 1 rings (SSSR count). The van der Waals surface area contributed by atoms with Gasteiger partial charge in [-0.25, -0.2) is 4.72 Å². The highest BCUT2D eigenvalue weighted by atomic mass is 32.2. The van der Waals surface area contributed by atoms with Crippen LogP contribution in [0.5, 0.6) is 0 Å². The van der Waals surface area contributed by atoms with Gasteiger partial charge in [0.2, 0.25) is 0 Å². The minimum atomic E-state index is -3.39. The highest BCUT2D eigenvalue weighted by Gasteiger charge is 2.18. The number of nitrogens with two attached hydrogens (primary N) is 1. The van der Waals surface area contributed by atoms with E-state index < -0.39 is 10.2 Å². The molecule has 0 aromatic carbocycles. The molecule has 0 aliphatic heterocycles. The summed E-state index contributed by atoms with van der Waals surface area (Å²) in [6, 6.07) is 0.304. The smallest absolute Gasteiger partial charge is 0.276 e. The van der Waals surface area contributed by atoms with Crippen molar-refractivity contribution in [2.24, 2.45) is 11.7 Å². The number of nitrogens with one attached hydrogen (secondary N) is 2. The fourth-order valence-electron chi connectivity index (χ4n) is 1.98. The summed E-state index contributed by atoms with van der Waals surface area (Å²) in [7, 11) is -3.39. The monoisotopic (exact) mass is 293 g/mol. The number of hydrogen-bond donors (Lipinski definition) is 3.